The van der Waals surface area contributed by atoms with Gasteiger partial charge >= 0.3 is 11.9 Å². The third kappa shape index (κ3) is 3.89. The van der Waals surface area contributed by atoms with Crippen LogP contribution in [0.15, 0.2) is 12.1 Å². The molecular weight excluding hydrogens is 370 g/mol. The molecule has 1 fully saturated rings. The summed E-state index contributed by atoms with van der Waals surface area (Å²) in [5.41, 5.74) is 3.26. The molecule has 0 aromatic heterocycles. The first-order chi connectivity index (χ1) is 13.5. The summed E-state index contributed by atoms with van der Waals surface area (Å²) >= 11 is 0. The lowest BCUT2D eigenvalue weighted by Crippen LogP contribution is -2.44. The van der Waals surface area contributed by atoms with E-state index in [1.54, 1.807) is 6.07 Å². The highest BCUT2D eigenvalue weighted by atomic mass is 16.5. The van der Waals surface area contributed by atoms with Gasteiger partial charge in [-0.25, -0.2) is 4.79 Å². The van der Waals surface area contributed by atoms with Crippen molar-refractivity contribution < 1.29 is 24.2 Å². The zero-order valence-corrected chi connectivity index (χ0v) is 18.0. The van der Waals surface area contributed by atoms with E-state index in [9.17, 15) is 19.5 Å². The van der Waals surface area contributed by atoms with Gasteiger partial charge in [-0.15, -0.1) is 0 Å². The number of amides is 1. The zero-order chi connectivity index (χ0) is 21.6. The fraction of sp³-hybridized carbons (Fsp3) is 0.609. The molecule has 0 spiro atoms. The molecule has 2 unspecified atom stereocenters. The number of carboxylic acid groups (broad SMARTS) is 1. The smallest absolute Gasteiger partial charge is 0.338 e. The molecular formula is C23H31NO5. The molecule has 29 heavy (non-hydrogen) atoms. The minimum atomic E-state index is -1.06. The van der Waals surface area contributed by atoms with Crippen molar-refractivity contribution in [2.24, 2.45) is 5.41 Å². The Morgan fingerprint density at radius 3 is 2.52 bits per heavy atom. The summed E-state index contributed by atoms with van der Waals surface area (Å²) in [5.74, 6) is -2.23. The maximum atomic E-state index is 13.0. The summed E-state index contributed by atoms with van der Waals surface area (Å²) in [5, 5.41) is 9.21. The second-order valence-electron chi connectivity index (χ2n) is 9.61. The Bertz CT molecular complexity index is 859. The quantitative estimate of drug-likeness (QED) is 0.775. The molecule has 1 saturated carbocycles. The van der Waals surface area contributed by atoms with E-state index < -0.39 is 17.9 Å². The number of ether oxygens (including phenoxy) is 1. The Morgan fingerprint density at radius 2 is 1.93 bits per heavy atom. The van der Waals surface area contributed by atoms with Crippen molar-refractivity contribution in [3.8, 4) is 0 Å². The van der Waals surface area contributed by atoms with Gasteiger partial charge in [0, 0.05) is 6.54 Å². The molecule has 1 aromatic carbocycles. The van der Waals surface area contributed by atoms with Crippen LogP contribution in [0.1, 0.15) is 86.3 Å². The molecule has 1 N–H and O–H groups in total. The highest BCUT2D eigenvalue weighted by molar-refractivity contribution is 5.95. The van der Waals surface area contributed by atoms with E-state index >= 15 is 0 Å². The summed E-state index contributed by atoms with van der Waals surface area (Å²) in [4.78, 5) is 38.0. The first-order valence-electron chi connectivity index (χ1n) is 10.2. The zero-order valence-electron chi connectivity index (χ0n) is 18.0. The molecule has 2 atom stereocenters. The number of carboxylic acids is 1. The standard InChI is InChI=1S/C23H31NO5/c1-14-19-16(11-24(20(14)27)12-18(25)26)15(21(28)29-5)7-8-17(19)23(4)10-6-9-22(2,3)13-23/h7-8,14H,6,9-13H2,1-5H3,(H,25,26). The van der Waals surface area contributed by atoms with Crippen LogP contribution in [0.2, 0.25) is 0 Å². The minimum absolute atomic E-state index is 0.0933. The van der Waals surface area contributed by atoms with Gasteiger partial charge in [-0.1, -0.05) is 33.3 Å². The molecule has 158 valence electrons. The summed E-state index contributed by atoms with van der Waals surface area (Å²) in [6, 6.07) is 3.78. The third-order valence-electron chi connectivity index (χ3n) is 6.65. The van der Waals surface area contributed by atoms with Crippen molar-refractivity contribution in [1.82, 2.24) is 4.90 Å². The van der Waals surface area contributed by atoms with E-state index in [2.05, 4.69) is 20.8 Å². The predicted octanol–water partition coefficient (Wildman–Crippen LogP) is 3.86. The predicted molar refractivity (Wildman–Crippen MR) is 109 cm³/mol. The van der Waals surface area contributed by atoms with Gasteiger partial charge in [-0.05, 0) is 59.8 Å². The van der Waals surface area contributed by atoms with Gasteiger partial charge < -0.3 is 14.7 Å². The SMILES string of the molecule is COC(=O)c1ccc(C2(C)CCCC(C)(C)C2)c2c1CN(CC(=O)O)C(=O)C2C. The Labute approximate surface area is 172 Å². The Hall–Kier alpha value is -2.37. The number of benzene rings is 1. The Morgan fingerprint density at radius 1 is 1.24 bits per heavy atom. The number of esters is 1. The molecule has 1 heterocycles. The van der Waals surface area contributed by atoms with E-state index in [0.717, 1.165) is 36.0 Å². The van der Waals surface area contributed by atoms with Gasteiger partial charge in [-0.2, -0.15) is 0 Å². The molecule has 1 aliphatic heterocycles. The van der Waals surface area contributed by atoms with Crippen molar-refractivity contribution in [2.75, 3.05) is 13.7 Å². The van der Waals surface area contributed by atoms with Crippen molar-refractivity contribution in [1.29, 1.82) is 0 Å². The second-order valence-corrected chi connectivity index (χ2v) is 9.61. The summed E-state index contributed by atoms with van der Waals surface area (Å²) in [7, 11) is 1.33. The number of carbonyl (C=O) groups is 3. The maximum absolute atomic E-state index is 13.0. The second kappa shape index (κ2) is 7.47. The molecule has 3 rings (SSSR count). The molecule has 1 aliphatic carbocycles. The van der Waals surface area contributed by atoms with Crippen LogP contribution in [-0.2, 0) is 26.3 Å². The van der Waals surface area contributed by atoms with Crippen LogP contribution in [0.3, 0.4) is 0 Å². The maximum Gasteiger partial charge on any atom is 0.338 e. The number of hydrogen-bond acceptors (Lipinski definition) is 4. The van der Waals surface area contributed by atoms with Gasteiger partial charge in [0.1, 0.15) is 6.54 Å². The fourth-order valence-corrected chi connectivity index (χ4v) is 5.54. The summed E-state index contributed by atoms with van der Waals surface area (Å²) < 4.78 is 4.97. The van der Waals surface area contributed by atoms with Crippen molar-refractivity contribution in [2.45, 2.75) is 71.3 Å². The first-order valence-corrected chi connectivity index (χ1v) is 10.2. The summed E-state index contributed by atoms with van der Waals surface area (Å²) in [6.45, 7) is 8.37. The number of nitrogens with zero attached hydrogens (tertiary/aromatic N) is 1. The Kier molecular flexibility index (Phi) is 5.50. The molecule has 2 aliphatic rings. The van der Waals surface area contributed by atoms with Gasteiger partial charge in [0.2, 0.25) is 5.91 Å². The molecule has 1 aromatic rings. The fourth-order valence-electron chi connectivity index (χ4n) is 5.54. The highest BCUT2D eigenvalue weighted by Crippen LogP contribution is 2.50. The lowest BCUT2D eigenvalue weighted by atomic mass is 9.60. The number of rotatable bonds is 4. The molecule has 6 nitrogen and oxygen atoms in total. The lowest BCUT2D eigenvalue weighted by molar-refractivity contribution is -0.146. The molecule has 0 bridgehead atoms. The van der Waals surface area contributed by atoms with Gasteiger partial charge in [0.25, 0.3) is 0 Å². The van der Waals surface area contributed by atoms with Crippen LogP contribution in [0, 0.1) is 5.41 Å². The van der Waals surface area contributed by atoms with Gasteiger partial charge in [-0.3, -0.25) is 9.59 Å². The van der Waals surface area contributed by atoms with Crippen LogP contribution < -0.4 is 0 Å². The largest absolute Gasteiger partial charge is 0.480 e. The van der Waals surface area contributed by atoms with Crippen LogP contribution >= 0.6 is 0 Å². The van der Waals surface area contributed by atoms with Crippen LogP contribution in [-0.4, -0.2) is 41.5 Å². The van der Waals surface area contributed by atoms with E-state index in [1.807, 2.05) is 13.0 Å². The molecule has 6 heteroatoms. The van der Waals surface area contributed by atoms with E-state index in [0.29, 0.717) is 5.56 Å². The number of aliphatic carboxylic acids is 1. The molecule has 1 amide bonds. The van der Waals surface area contributed by atoms with Crippen molar-refractivity contribution >= 4 is 17.8 Å². The monoisotopic (exact) mass is 401 g/mol. The number of fused-ring (bicyclic) bond motifs is 1. The average molecular weight is 402 g/mol. The molecule has 0 radical (unpaired) electrons. The van der Waals surface area contributed by atoms with Gasteiger partial charge in [0.15, 0.2) is 0 Å². The van der Waals surface area contributed by atoms with E-state index in [-0.39, 0.29) is 29.8 Å². The van der Waals surface area contributed by atoms with E-state index in [1.165, 1.54) is 18.4 Å². The number of methoxy groups -OCH3 is 1. The lowest BCUT2D eigenvalue weighted by Gasteiger charge is -2.46. The normalized spacial score (nSPS) is 26.0. The molecule has 0 saturated heterocycles. The third-order valence-corrected chi connectivity index (χ3v) is 6.65. The van der Waals surface area contributed by atoms with Gasteiger partial charge in [0.05, 0.1) is 18.6 Å². The van der Waals surface area contributed by atoms with Crippen LogP contribution in [0.4, 0.5) is 0 Å². The topological polar surface area (TPSA) is 83.9 Å². The average Bonchev–Trinajstić information content (AvgIpc) is 2.63. The van der Waals surface area contributed by atoms with Crippen molar-refractivity contribution in [3.05, 3.63) is 34.4 Å². The Balaban J connectivity index is 2.18. The van der Waals surface area contributed by atoms with Crippen LogP contribution in [0.25, 0.3) is 0 Å². The minimum Gasteiger partial charge on any atom is -0.480 e. The van der Waals surface area contributed by atoms with Crippen molar-refractivity contribution in [3.63, 3.8) is 0 Å². The number of carbonyl (C=O) groups excluding carboxylic acids is 2. The van der Waals surface area contributed by atoms with E-state index in [4.69, 9.17) is 4.74 Å². The highest BCUT2D eigenvalue weighted by Gasteiger charge is 2.43. The first kappa shape index (κ1) is 21.3. The number of hydrogen-bond donors (Lipinski definition) is 1. The summed E-state index contributed by atoms with van der Waals surface area (Å²) in [6.07, 6.45) is 4.32. The van der Waals surface area contributed by atoms with Crippen LogP contribution in [0.5, 0.6) is 0 Å².